The number of hydrogen-bond donors (Lipinski definition) is 2. The Balaban J connectivity index is 1.75. The number of fused-ring (bicyclic) bond motifs is 1. The zero-order valence-corrected chi connectivity index (χ0v) is 18.3. The molecule has 7 heteroatoms. The summed E-state index contributed by atoms with van der Waals surface area (Å²) in [6, 6.07) is 8.72. The van der Waals surface area contributed by atoms with E-state index in [1.54, 1.807) is 0 Å². The fourth-order valence-corrected chi connectivity index (χ4v) is 3.42. The highest BCUT2D eigenvalue weighted by molar-refractivity contribution is 5.80. The SMILES string of the molecule is Cc1nnc(CN=C(NC(C)CCC(C)C)NC2CCOc3ccccc32)n1C. The van der Waals surface area contributed by atoms with E-state index in [9.17, 15) is 0 Å². The van der Waals surface area contributed by atoms with Crippen molar-refractivity contribution < 1.29 is 4.74 Å². The number of para-hydroxylation sites is 1. The normalized spacial score (nSPS) is 17.6. The van der Waals surface area contributed by atoms with E-state index in [1.165, 1.54) is 12.0 Å². The molecule has 0 radical (unpaired) electrons. The average molecular weight is 399 g/mol. The highest BCUT2D eigenvalue weighted by Crippen LogP contribution is 2.31. The summed E-state index contributed by atoms with van der Waals surface area (Å²) in [7, 11) is 1.97. The van der Waals surface area contributed by atoms with Crippen LogP contribution in [0.5, 0.6) is 5.75 Å². The number of aromatic nitrogens is 3. The Bertz CT molecular complexity index is 828. The van der Waals surface area contributed by atoms with E-state index in [4.69, 9.17) is 9.73 Å². The van der Waals surface area contributed by atoms with Gasteiger partial charge in [-0.05, 0) is 38.7 Å². The maximum Gasteiger partial charge on any atom is 0.192 e. The van der Waals surface area contributed by atoms with Crippen molar-refractivity contribution in [2.45, 2.75) is 65.6 Å². The lowest BCUT2D eigenvalue weighted by Gasteiger charge is -2.29. The van der Waals surface area contributed by atoms with Gasteiger partial charge in [-0.2, -0.15) is 0 Å². The number of hydrogen-bond acceptors (Lipinski definition) is 4. The van der Waals surface area contributed by atoms with Crippen LogP contribution in [-0.4, -0.2) is 33.4 Å². The zero-order valence-electron chi connectivity index (χ0n) is 18.3. The maximum atomic E-state index is 5.81. The monoisotopic (exact) mass is 398 g/mol. The first-order valence-electron chi connectivity index (χ1n) is 10.6. The van der Waals surface area contributed by atoms with Gasteiger partial charge in [0.25, 0.3) is 0 Å². The van der Waals surface area contributed by atoms with Gasteiger partial charge in [-0.25, -0.2) is 4.99 Å². The first-order chi connectivity index (χ1) is 13.9. The molecule has 0 fully saturated rings. The Morgan fingerprint density at radius 3 is 2.76 bits per heavy atom. The van der Waals surface area contributed by atoms with E-state index in [1.807, 2.05) is 30.7 Å². The number of aliphatic imine (C=N–C) groups is 1. The van der Waals surface area contributed by atoms with Crippen molar-refractivity contribution >= 4 is 5.96 Å². The van der Waals surface area contributed by atoms with Crippen LogP contribution >= 0.6 is 0 Å². The number of nitrogens with zero attached hydrogens (tertiary/aromatic N) is 4. The lowest BCUT2D eigenvalue weighted by Crippen LogP contribution is -2.45. The van der Waals surface area contributed by atoms with Crippen LogP contribution in [0.2, 0.25) is 0 Å². The second-order valence-electron chi connectivity index (χ2n) is 8.28. The summed E-state index contributed by atoms with van der Waals surface area (Å²) in [4.78, 5) is 4.83. The van der Waals surface area contributed by atoms with Crippen molar-refractivity contribution in [2.75, 3.05) is 6.61 Å². The Hall–Kier alpha value is -2.57. The Morgan fingerprint density at radius 2 is 2.03 bits per heavy atom. The van der Waals surface area contributed by atoms with Gasteiger partial charge in [-0.1, -0.05) is 32.0 Å². The third-order valence-corrected chi connectivity index (χ3v) is 5.39. The Morgan fingerprint density at radius 1 is 1.24 bits per heavy atom. The summed E-state index contributed by atoms with van der Waals surface area (Å²) in [5.74, 6) is 4.19. The number of aryl methyl sites for hydroxylation is 1. The van der Waals surface area contributed by atoms with E-state index in [2.05, 4.69) is 53.7 Å². The van der Waals surface area contributed by atoms with E-state index < -0.39 is 0 Å². The number of ether oxygens (including phenoxy) is 1. The molecule has 2 N–H and O–H groups in total. The minimum atomic E-state index is 0.171. The quantitative estimate of drug-likeness (QED) is 0.551. The van der Waals surface area contributed by atoms with Gasteiger partial charge in [-0.3, -0.25) is 0 Å². The van der Waals surface area contributed by atoms with E-state index in [0.29, 0.717) is 25.1 Å². The second kappa shape index (κ2) is 9.76. The van der Waals surface area contributed by atoms with Gasteiger partial charge in [-0.15, -0.1) is 10.2 Å². The van der Waals surface area contributed by atoms with E-state index >= 15 is 0 Å². The fourth-order valence-electron chi connectivity index (χ4n) is 3.42. The minimum absolute atomic E-state index is 0.171. The predicted octanol–water partition coefficient (Wildman–Crippen LogP) is 3.51. The summed E-state index contributed by atoms with van der Waals surface area (Å²) in [6.45, 7) is 9.86. The van der Waals surface area contributed by atoms with Crippen LogP contribution in [0.15, 0.2) is 29.3 Å². The summed E-state index contributed by atoms with van der Waals surface area (Å²) in [6.07, 6.45) is 3.19. The first-order valence-corrected chi connectivity index (χ1v) is 10.6. The molecule has 29 heavy (non-hydrogen) atoms. The topological polar surface area (TPSA) is 76.4 Å². The van der Waals surface area contributed by atoms with Crippen LogP contribution in [-0.2, 0) is 13.6 Å². The Kier molecular flexibility index (Phi) is 7.12. The molecule has 158 valence electrons. The van der Waals surface area contributed by atoms with Gasteiger partial charge in [0, 0.05) is 25.1 Å². The third kappa shape index (κ3) is 5.71. The summed E-state index contributed by atoms with van der Waals surface area (Å²) in [5.41, 5.74) is 1.18. The minimum Gasteiger partial charge on any atom is -0.493 e. The van der Waals surface area contributed by atoms with E-state index in [-0.39, 0.29) is 6.04 Å². The summed E-state index contributed by atoms with van der Waals surface area (Å²) < 4.78 is 7.79. The van der Waals surface area contributed by atoms with Crippen molar-refractivity contribution in [2.24, 2.45) is 18.0 Å². The molecule has 0 amide bonds. The Labute approximate surface area is 174 Å². The maximum absolute atomic E-state index is 5.81. The molecule has 1 aliphatic rings. The van der Waals surface area contributed by atoms with Gasteiger partial charge in [0.1, 0.15) is 18.1 Å². The third-order valence-electron chi connectivity index (χ3n) is 5.39. The molecule has 7 nitrogen and oxygen atoms in total. The molecule has 1 aromatic heterocycles. The van der Waals surface area contributed by atoms with Crippen molar-refractivity contribution in [1.29, 1.82) is 0 Å². The largest absolute Gasteiger partial charge is 0.493 e. The van der Waals surface area contributed by atoms with Crippen LogP contribution in [0.3, 0.4) is 0 Å². The van der Waals surface area contributed by atoms with Crippen molar-refractivity contribution in [3.05, 3.63) is 41.5 Å². The van der Waals surface area contributed by atoms with Gasteiger partial charge in [0.2, 0.25) is 0 Å². The second-order valence-corrected chi connectivity index (χ2v) is 8.28. The molecule has 0 bridgehead atoms. The molecular weight excluding hydrogens is 364 g/mol. The van der Waals surface area contributed by atoms with Crippen LogP contribution in [0.4, 0.5) is 0 Å². The van der Waals surface area contributed by atoms with Gasteiger partial charge >= 0.3 is 0 Å². The van der Waals surface area contributed by atoms with Crippen LogP contribution in [0.1, 0.15) is 63.3 Å². The number of rotatable bonds is 7. The van der Waals surface area contributed by atoms with Crippen molar-refractivity contribution in [3.63, 3.8) is 0 Å². The molecule has 0 saturated carbocycles. The number of guanidine groups is 1. The van der Waals surface area contributed by atoms with Crippen LogP contribution in [0, 0.1) is 12.8 Å². The molecule has 3 rings (SSSR count). The lowest BCUT2D eigenvalue weighted by atomic mass is 10.0. The molecular formula is C22H34N6O. The van der Waals surface area contributed by atoms with Crippen LogP contribution in [0.25, 0.3) is 0 Å². The molecule has 1 aliphatic heterocycles. The summed E-state index contributed by atoms with van der Waals surface area (Å²) in [5, 5.41) is 15.6. The molecule has 0 spiro atoms. The number of nitrogens with one attached hydrogen (secondary N) is 2. The van der Waals surface area contributed by atoms with Crippen molar-refractivity contribution in [1.82, 2.24) is 25.4 Å². The fraction of sp³-hybridized carbons (Fsp3) is 0.591. The molecule has 2 unspecified atom stereocenters. The molecule has 2 heterocycles. The smallest absolute Gasteiger partial charge is 0.192 e. The lowest BCUT2D eigenvalue weighted by molar-refractivity contribution is 0.261. The molecule has 0 aliphatic carbocycles. The van der Waals surface area contributed by atoms with Crippen molar-refractivity contribution in [3.8, 4) is 5.75 Å². The molecule has 2 atom stereocenters. The highest BCUT2D eigenvalue weighted by Gasteiger charge is 2.22. The molecule has 2 aromatic rings. The molecule has 0 saturated heterocycles. The van der Waals surface area contributed by atoms with E-state index in [0.717, 1.165) is 36.2 Å². The highest BCUT2D eigenvalue weighted by atomic mass is 16.5. The van der Waals surface area contributed by atoms with Crippen LogP contribution < -0.4 is 15.4 Å². The first kappa shape index (κ1) is 21.1. The molecule has 1 aromatic carbocycles. The standard InChI is InChI=1S/C22H34N6O/c1-15(2)10-11-16(3)24-22(23-14-21-27-26-17(4)28(21)5)25-19-12-13-29-20-9-7-6-8-18(19)20/h6-9,15-16,19H,10-14H2,1-5H3,(H2,23,24,25). The number of benzene rings is 1. The summed E-state index contributed by atoms with van der Waals surface area (Å²) >= 11 is 0. The van der Waals surface area contributed by atoms with Gasteiger partial charge in [0.15, 0.2) is 11.8 Å². The van der Waals surface area contributed by atoms with Gasteiger partial charge in [0.05, 0.1) is 12.6 Å². The average Bonchev–Trinajstić information content (AvgIpc) is 3.03. The zero-order chi connectivity index (χ0) is 20.8. The predicted molar refractivity (Wildman–Crippen MR) is 116 cm³/mol. The van der Waals surface area contributed by atoms with Gasteiger partial charge < -0.3 is 19.9 Å².